The molecular weight excluding hydrogens is 440 g/mol. The third-order valence-corrected chi connectivity index (χ3v) is 10.1. The predicted octanol–water partition coefficient (Wildman–Crippen LogP) is 5.92. The van der Waals surface area contributed by atoms with Gasteiger partial charge in [0.2, 0.25) is 0 Å². The monoisotopic (exact) mass is 478 g/mol. The van der Waals surface area contributed by atoms with Crippen LogP contribution in [0.3, 0.4) is 0 Å². The Morgan fingerprint density at radius 1 is 0.971 bits per heavy atom. The van der Waals surface area contributed by atoms with Crippen molar-refractivity contribution in [3.8, 4) is 0 Å². The van der Waals surface area contributed by atoms with Crippen molar-refractivity contribution in [2.45, 2.75) is 78.2 Å². The molecule has 0 spiro atoms. The molecule has 0 saturated heterocycles. The first-order valence-electron chi connectivity index (χ1n) is 13.3. The summed E-state index contributed by atoms with van der Waals surface area (Å²) in [7, 11) is 0. The van der Waals surface area contributed by atoms with Crippen molar-refractivity contribution < 1.29 is 23.9 Å². The average Bonchev–Trinajstić information content (AvgIpc) is 3.20. The van der Waals surface area contributed by atoms with Gasteiger partial charge in [0.1, 0.15) is 6.10 Å². The van der Waals surface area contributed by atoms with Crippen LogP contribution >= 0.6 is 0 Å². The summed E-state index contributed by atoms with van der Waals surface area (Å²) in [5, 5.41) is 0. The minimum atomic E-state index is -0.426. The second-order valence-electron chi connectivity index (χ2n) is 11.8. The zero-order valence-electron chi connectivity index (χ0n) is 21.3. The van der Waals surface area contributed by atoms with Crippen LogP contribution in [0.2, 0.25) is 0 Å². The lowest BCUT2D eigenvalue weighted by molar-refractivity contribution is -0.149. The van der Waals surface area contributed by atoms with E-state index in [9.17, 15) is 14.4 Å². The molecule has 5 nitrogen and oxygen atoms in total. The van der Waals surface area contributed by atoms with Gasteiger partial charge >= 0.3 is 11.9 Å². The molecule has 1 aromatic rings. The zero-order valence-corrected chi connectivity index (χ0v) is 21.3. The summed E-state index contributed by atoms with van der Waals surface area (Å²) in [6.45, 7) is 6.13. The maximum absolute atomic E-state index is 13.3. The van der Waals surface area contributed by atoms with Crippen molar-refractivity contribution >= 4 is 17.7 Å². The van der Waals surface area contributed by atoms with E-state index < -0.39 is 5.97 Å². The van der Waals surface area contributed by atoms with Crippen LogP contribution in [0.25, 0.3) is 0 Å². The summed E-state index contributed by atoms with van der Waals surface area (Å²) >= 11 is 0. The number of ketones is 1. The summed E-state index contributed by atoms with van der Waals surface area (Å²) in [5.41, 5.74) is 2.12. The van der Waals surface area contributed by atoms with Gasteiger partial charge in [0.15, 0.2) is 12.4 Å². The smallest absolute Gasteiger partial charge is 0.338 e. The fraction of sp³-hybridized carbons (Fsp3) is 0.633. The second kappa shape index (κ2) is 9.22. The van der Waals surface area contributed by atoms with Crippen LogP contribution in [-0.4, -0.2) is 30.4 Å². The summed E-state index contributed by atoms with van der Waals surface area (Å²) in [5.74, 6) is 1.19. The molecule has 35 heavy (non-hydrogen) atoms. The molecule has 0 N–H and O–H groups in total. The molecular formula is C30H38O5. The van der Waals surface area contributed by atoms with Crippen molar-refractivity contribution in [2.24, 2.45) is 34.5 Å². The van der Waals surface area contributed by atoms with E-state index in [0.29, 0.717) is 23.3 Å². The number of esters is 2. The van der Waals surface area contributed by atoms with E-state index in [0.717, 1.165) is 51.4 Å². The highest BCUT2D eigenvalue weighted by molar-refractivity contribution is 5.92. The van der Waals surface area contributed by atoms with Crippen molar-refractivity contribution in [1.29, 1.82) is 0 Å². The van der Waals surface area contributed by atoms with E-state index in [1.54, 1.807) is 24.3 Å². The average molecular weight is 479 g/mol. The SMILES string of the molecule is CC(=O)O[C@H]1CC[C@@]2(C)C(=CC[C@H]3[C@@H]4CC[C@H](C(=O)COC(=O)c5ccccc5)[C@@]4(C)CC[C@@H]32)C1. The number of rotatable bonds is 5. The van der Waals surface area contributed by atoms with E-state index in [1.807, 2.05) is 6.07 Å². The van der Waals surface area contributed by atoms with E-state index in [1.165, 1.54) is 12.5 Å². The van der Waals surface area contributed by atoms with Gasteiger partial charge in [0.05, 0.1) is 5.56 Å². The summed E-state index contributed by atoms with van der Waals surface area (Å²) in [6, 6.07) is 8.88. The fourth-order valence-corrected chi connectivity index (χ4v) is 8.39. The van der Waals surface area contributed by atoms with E-state index in [-0.39, 0.29) is 41.2 Å². The van der Waals surface area contributed by atoms with Crippen LogP contribution in [0.1, 0.15) is 82.5 Å². The van der Waals surface area contributed by atoms with Crippen LogP contribution in [0, 0.1) is 34.5 Å². The molecule has 3 saturated carbocycles. The lowest BCUT2D eigenvalue weighted by atomic mass is 9.47. The molecule has 0 radical (unpaired) electrons. The van der Waals surface area contributed by atoms with Crippen LogP contribution in [0.4, 0.5) is 0 Å². The van der Waals surface area contributed by atoms with Crippen molar-refractivity contribution in [2.75, 3.05) is 6.61 Å². The molecule has 4 aliphatic carbocycles. The number of carbonyl (C=O) groups is 3. The molecule has 7 atom stereocenters. The molecule has 0 amide bonds. The second-order valence-corrected chi connectivity index (χ2v) is 11.8. The first-order chi connectivity index (χ1) is 16.7. The number of carbonyl (C=O) groups excluding carboxylic acids is 3. The third-order valence-electron chi connectivity index (χ3n) is 10.1. The Balaban J connectivity index is 1.27. The Kier molecular flexibility index (Phi) is 6.39. The predicted molar refractivity (Wildman–Crippen MR) is 132 cm³/mol. The van der Waals surface area contributed by atoms with E-state index >= 15 is 0 Å². The minimum Gasteiger partial charge on any atom is -0.462 e. The largest absolute Gasteiger partial charge is 0.462 e. The Labute approximate surface area is 208 Å². The molecule has 0 aliphatic heterocycles. The normalized spacial score (nSPS) is 37.8. The lowest BCUT2D eigenvalue weighted by Crippen LogP contribution is -2.51. The van der Waals surface area contributed by atoms with Gasteiger partial charge in [0, 0.05) is 19.3 Å². The topological polar surface area (TPSA) is 69.7 Å². The minimum absolute atomic E-state index is 0.0179. The number of ether oxygens (including phenoxy) is 2. The van der Waals surface area contributed by atoms with Gasteiger partial charge in [-0.2, -0.15) is 0 Å². The molecule has 0 bridgehead atoms. The molecule has 5 heteroatoms. The van der Waals surface area contributed by atoms with Gasteiger partial charge in [-0.25, -0.2) is 4.79 Å². The van der Waals surface area contributed by atoms with Crippen LogP contribution in [0.15, 0.2) is 42.0 Å². The summed E-state index contributed by atoms with van der Waals surface area (Å²) in [6.07, 6.45) is 10.6. The number of allylic oxidation sites excluding steroid dienone is 1. The molecule has 3 fully saturated rings. The highest BCUT2D eigenvalue weighted by Crippen LogP contribution is 2.66. The lowest BCUT2D eigenvalue weighted by Gasteiger charge is -2.58. The number of Topliss-reactive ketones (excluding diaryl/α,β-unsaturated/α-hetero) is 1. The Hall–Kier alpha value is -2.43. The van der Waals surface area contributed by atoms with Crippen LogP contribution in [-0.2, 0) is 19.1 Å². The van der Waals surface area contributed by atoms with Gasteiger partial charge < -0.3 is 9.47 Å². The standard InChI is InChI=1S/C30H38O5/c1-19(31)35-22-13-15-29(2)21(17-22)9-10-23-24-11-12-26(30(24,3)16-14-25(23)29)27(32)18-34-28(33)20-7-5-4-6-8-20/h4-9,22-26H,10-18H2,1-3H3/t22-,23-,24-,25-,26+,29-,30-/m0/s1. The molecule has 0 unspecified atom stereocenters. The number of fused-ring (bicyclic) bond motifs is 5. The summed E-state index contributed by atoms with van der Waals surface area (Å²) in [4.78, 5) is 37.1. The van der Waals surface area contributed by atoms with Gasteiger partial charge in [-0.05, 0) is 85.7 Å². The van der Waals surface area contributed by atoms with Gasteiger partial charge in [-0.3, -0.25) is 9.59 Å². The number of hydrogen-bond acceptors (Lipinski definition) is 5. The molecule has 0 aromatic heterocycles. The molecule has 1 aromatic carbocycles. The first-order valence-corrected chi connectivity index (χ1v) is 13.3. The highest BCUT2D eigenvalue weighted by atomic mass is 16.5. The maximum Gasteiger partial charge on any atom is 0.338 e. The summed E-state index contributed by atoms with van der Waals surface area (Å²) < 4.78 is 11.0. The van der Waals surface area contributed by atoms with Crippen molar-refractivity contribution in [3.05, 3.63) is 47.5 Å². The molecule has 4 aliphatic rings. The Bertz CT molecular complexity index is 1030. The maximum atomic E-state index is 13.3. The quantitative estimate of drug-likeness (QED) is 0.388. The zero-order chi connectivity index (χ0) is 24.8. The third kappa shape index (κ3) is 4.25. The van der Waals surface area contributed by atoms with Crippen LogP contribution < -0.4 is 0 Å². The van der Waals surface area contributed by atoms with Crippen molar-refractivity contribution in [3.63, 3.8) is 0 Å². The molecule has 5 rings (SSSR count). The van der Waals surface area contributed by atoms with Crippen LogP contribution in [0.5, 0.6) is 0 Å². The van der Waals surface area contributed by atoms with E-state index in [4.69, 9.17) is 9.47 Å². The van der Waals surface area contributed by atoms with Gasteiger partial charge in [0.25, 0.3) is 0 Å². The first kappa shape index (κ1) is 24.3. The number of hydrogen-bond donors (Lipinski definition) is 0. The molecule has 0 heterocycles. The fourth-order valence-electron chi connectivity index (χ4n) is 8.39. The Morgan fingerprint density at radius 3 is 2.49 bits per heavy atom. The van der Waals surface area contributed by atoms with Gasteiger partial charge in [-0.15, -0.1) is 0 Å². The molecule has 188 valence electrons. The van der Waals surface area contributed by atoms with Gasteiger partial charge in [-0.1, -0.05) is 43.7 Å². The number of benzene rings is 1. The Morgan fingerprint density at radius 2 is 1.74 bits per heavy atom. The highest BCUT2D eigenvalue weighted by Gasteiger charge is 2.59. The van der Waals surface area contributed by atoms with Crippen molar-refractivity contribution in [1.82, 2.24) is 0 Å². The van der Waals surface area contributed by atoms with E-state index in [2.05, 4.69) is 19.9 Å².